The topological polar surface area (TPSA) is 26.3 Å². The van der Waals surface area contributed by atoms with Crippen molar-refractivity contribution in [3.63, 3.8) is 0 Å². The summed E-state index contributed by atoms with van der Waals surface area (Å²) in [6, 6.07) is 3.98. The highest BCUT2D eigenvalue weighted by Gasteiger charge is 2.18. The first-order valence-corrected chi connectivity index (χ1v) is 3.73. The first-order chi connectivity index (χ1) is 5.77. The van der Waals surface area contributed by atoms with Crippen LogP contribution in [0.15, 0.2) is 18.2 Å². The van der Waals surface area contributed by atoms with E-state index in [1.807, 2.05) is 0 Å². The average Bonchev–Trinajstić information content (AvgIpc) is 2.04. The predicted molar refractivity (Wildman–Crippen MR) is 40.8 cm³/mol. The summed E-state index contributed by atoms with van der Waals surface area (Å²) in [5.74, 6) is 0.0194. The van der Waals surface area contributed by atoms with Crippen molar-refractivity contribution in [1.29, 1.82) is 0 Å². The Morgan fingerprint density at radius 2 is 2.25 bits per heavy atom. The molecule has 12 heavy (non-hydrogen) atoms. The molecule has 0 aromatic heterocycles. The molecule has 0 unspecified atom stereocenters. The van der Waals surface area contributed by atoms with E-state index in [2.05, 4.69) is 0 Å². The molecule has 1 aromatic carbocycles. The zero-order valence-corrected chi connectivity index (χ0v) is 6.34. The highest BCUT2D eigenvalue weighted by Crippen LogP contribution is 2.24. The maximum absolute atomic E-state index is 12.6. The largest absolute Gasteiger partial charge is 0.492 e. The second-order valence-electron chi connectivity index (χ2n) is 2.66. The first-order valence-electron chi connectivity index (χ1n) is 3.73. The van der Waals surface area contributed by atoms with Crippen LogP contribution >= 0.6 is 0 Å². The predicted octanol–water partition coefficient (Wildman–Crippen LogP) is 1.79. The van der Waals surface area contributed by atoms with Gasteiger partial charge in [-0.1, -0.05) is 0 Å². The molecule has 1 aromatic rings. The van der Waals surface area contributed by atoms with Crippen LogP contribution in [0, 0.1) is 5.82 Å². The fraction of sp³-hybridized carbons (Fsp3) is 0.222. The van der Waals surface area contributed by atoms with Gasteiger partial charge < -0.3 is 4.74 Å². The van der Waals surface area contributed by atoms with Gasteiger partial charge in [0.25, 0.3) is 0 Å². The molecule has 0 fully saturated rings. The Hall–Kier alpha value is -1.38. The standard InChI is InChI=1S/C9H7FO2/c10-6-1-2-7-8(11)3-4-12-9(7)5-6/h1-2,5H,3-4H2. The van der Waals surface area contributed by atoms with Gasteiger partial charge in [-0.05, 0) is 12.1 Å². The third-order valence-corrected chi connectivity index (χ3v) is 1.83. The van der Waals surface area contributed by atoms with Gasteiger partial charge in [0.1, 0.15) is 11.6 Å². The van der Waals surface area contributed by atoms with Gasteiger partial charge >= 0.3 is 0 Å². The van der Waals surface area contributed by atoms with Crippen LogP contribution in [-0.2, 0) is 0 Å². The summed E-state index contributed by atoms with van der Waals surface area (Å²) in [4.78, 5) is 11.2. The Kier molecular flexibility index (Phi) is 1.57. The van der Waals surface area contributed by atoms with Crippen molar-refractivity contribution in [3.8, 4) is 5.75 Å². The fourth-order valence-electron chi connectivity index (χ4n) is 1.23. The van der Waals surface area contributed by atoms with Crippen molar-refractivity contribution in [1.82, 2.24) is 0 Å². The molecule has 2 nitrogen and oxygen atoms in total. The highest BCUT2D eigenvalue weighted by molar-refractivity contribution is 5.99. The minimum atomic E-state index is -0.372. The Morgan fingerprint density at radius 1 is 1.42 bits per heavy atom. The molecule has 1 aliphatic rings. The second-order valence-corrected chi connectivity index (χ2v) is 2.66. The van der Waals surface area contributed by atoms with E-state index >= 15 is 0 Å². The number of hydrogen-bond donors (Lipinski definition) is 0. The zero-order chi connectivity index (χ0) is 8.55. The number of carbonyl (C=O) groups is 1. The monoisotopic (exact) mass is 166 g/mol. The van der Waals surface area contributed by atoms with E-state index in [9.17, 15) is 9.18 Å². The molecule has 0 bridgehead atoms. The van der Waals surface area contributed by atoms with Crippen molar-refractivity contribution in [2.75, 3.05) is 6.61 Å². The number of hydrogen-bond acceptors (Lipinski definition) is 2. The van der Waals surface area contributed by atoms with Crippen LogP contribution < -0.4 is 4.74 Å². The smallest absolute Gasteiger partial charge is 0.169 e. The first kappa shape index (κ1) is 7.28. The number of ether oxygens (including phenoxy) is 1. The summed E-state index contributed by atoms with van der Waals surface area (Å²) in [5.41, 5.74) is 0.489. The van der Waals surface area contributed by atoms with Crippen molar-refractivity contribution < 1.29 is 13.9 Å². The molecule has 0 amide bonds. The van der Waals surface area contributed by atoms with Crippen molar-refractivity contribution >= 4 is 5.78 Å². The van der Waals surface area contributed by atoms with E-state index in [0.29, 0.717) is 24.3 Å². The molecule has 0 saturated carbocycles. The van der Waals surface area contributed by atoms with Gasteiger partial charge in [0.2, 0.25) is 0 Å². The maximum Gasteiger partial charge on any atom is 0.169 e. The summed E-state index contributed by atoms with van der Waals surface area (Å²) in [6.07, 6.45) is 0.388. The Labute approximate surface area is 69.0 Å². The van der Waals surface area contributed by atoms with E-state index in [4.69, 9.17) is 4.74 Å². The third kappa shape index (κ3) is 1.07. The van der Waals surface area contributed by atoms with Crippen LogP contribution in [0.4, 0.5) is 4.39 Å². The number of fused-ring (bicyclic) bond motifs is 1. The molecule has 3 heteroatoms. The van der Waals surface area contributed by atoms with Gasteiger partial charge in [0, 0.05) is 12.5 Å². The summed E-state index contributed by atoms with van der Waals surface area (Å²) < 4.78 is 17.7. The number of benzene rings is 1. The molecule has 2 rings (SSSR count). The van der Waals surface area contributed by atoms with Crippen LogP contribution in [0.2, 0.25) is 0 Å². The molecule has 0 spiro atoms. The minimum absolute atomic E-state index is 0.0243. The van der Waals surface area contributed by atoms with E-state index in [1.54, 1.807) is 0 Å². The van der Waals surface area contributed by atoms with Crippen LogP contribution in [0.5, 0.6) is 5.75 Å². The van der Waals surface area contributed by atoms with E-state index in [0.717, 1.165) is 0 Å². The molecule has 1 aliphatic heterocycles. The summed E-state index contributed by atoms with van der Waals surface area (Å²) >= 11 is 0. The van der Waals surface area contributed by atoms with Crippen LogP contribution in [-0.4, -0.2) is 12.4 Å². The molecule has 0 atom stereocenters. The molecule has 62 valence electrons. The van der Waals surface area contributed by atoms with E-state index in [-0.39, 0.29) is 11.6 Å². The summed E-state index contributed by atoms with van der Waals surface area (Å²) in [7, 11) is 0. The van der Waals surface area contributed by atoms with Gasteiger partial charge in [-0.15, -0.1) is 0 Å². The molecular formula is C9H7FO2. The molecule has 1 heterocycles. The lowest BCUT2D eigenvalue weighted by molar-refractivity contribution is 0.0933. The van der Waals surface area contributed by atoms with Crippen molar-refractivity contribution in [3.05, 3.63) is 29.6 Å². The third-order valence-electron chi connectivity index (χ3n) is 1.83. The highest BCUT2D eigenvalue weighted by atomic mass is 19.1. The summed E-state index contributed by atoms with van der Waals surface area (Å²) in [5, 5.41) is 0. The number of rotatable bonds is 0. The second kappa shape index (κ2) is 2.59. The molecule has 0 N–H and O–H groups in total. The number of ketones is 1. The fourth-order valence-corrected chi connectivity index (χ4v) is 1.23. The molecule has 0 aliphatic carbocycles. The lowest BCUT2D eigenvalue weighted by atomic mass is 10.1. The Balaban J connectivity index is 2.53. The van der Waals surface area contributed by atoms with Crippen LogP contribution in [0.3, 0.4) is 0 Å². The SMILES string of the molecule is O=C1CCOc2cc(F)ccc21. The Morgan fingerprint density at radius 3 is 3.08 bits per heavy atom. The summed E-state index contributed by atoms with van der Waals surface area (Å²) in [6.45, 7) is 0.356. The van der Waals surface area contributed by atoms with Gasteiger partial charge in [-0.2, -0.15) is 0 Å². The zero-order valence-electron chi connectivity index (χ0n) is 6.34. The van der Waals surface area contributed by atoms with E-state index in [1.165, 1.54) is 18.2 Å². The quantitative estimate of drug-likeness (QED) is 0.587. The number of carbonyl (C=O) groups excluding carboxylic acids is 1. The van der Waals surface area contributed by atoms with Crippen molar-refractivity contribution in [2.45, 2.75) is 6.42 Å². The number of Topliss-reactive ketones (excluding diaryl/α,β-unsaturated/α-hetero) is 1. The maximum atomic E-state index is 12.6. The lowest BCUT2D eigenvalue weighted by Gasteiger charge is -2.15. The average molecular weight is 166 g/mol. The van der Waals surface area contributed by atoms with Crippen molar-refractivity contribution in [2.24, 2.45) is 0 Å². The van der Waals surface area contributed by atoms with Crippen LogP contribution in [0.25, 0.3) is 0 Å². The van der Waals surface area contributed by atoms with Gasteiger partial charge in [0.15, 0.2) is 5.78 Å². The van der Waals surface area contributed by atoms with Gasteiger partial charge in [-0.3, -0.25) is 4.79 Å². The van der Waals surface area contributed by atoms with E-state index < -0.39 is 0 Å². The lowest BCUT2D eigenvalue weighted by Crippen LogP contribution is -2.15. The van der Waals surface area contributed by atoms with Crippen LogP contribution in [0.1, 0.15) is 16.8 Å². The Bertz CT molecular complexity index is 333. The van der Waals surface area contributed by atoms with Gasteiger partial charge in [0.05, 0.1) is 12.2 Å². The minimum Gasteiger partial charge on any atom is -0.492 e. The molecule has 0 saturated heterocycles. The normalized spacial score (nSPS) is 15.2. The number of halogens is 1. The molecule has 0 radical (unpaired) electrons. The molecular weight excluding hydrogens is 159 g/mol. The van der Waals surface area contributed by atoms with Gasteiger partial charge in [-0.25, -0.2) is 4.39 Å².